The van der Waals surface area contributed by atoms with E-state index < -0.39 is 23.7 Å². The standard InChI is InChI=1S/C19H21F3N2O5/c1-27-17(25)13-10-29-11-24(16(13)18(26)28-2)12-5-6-15(23-7-3-4-8-23)14(9-12)19(20,21)22/h5-6,9H,3-4,7-8,10-11H2,1-2H3. The van der Waals surface area contributed by atoms with E-state index in [1.807, 2.05) is 0 Å². The van der Waals surface area contributed by atoms with Crippen molar-refractivity contribution in [3.05, 3.63) is 35.0 Å². The number of anilines is 2. The first-order valence-electron chi connectivity index (χ1n) is 8.99. The molecule has 0 atom stereocenters. The van der Waals surface area contributed by atoms with E-state index in [9.17, 15) is 22.8 Å². The third-order valence-electron chi connectivity index (χ3n) is 4.88. The molecular formula is C19H21F3N2O5. The van der Waals surface area contributed by atoms with Gasteiger partial charge in [-0.1, -0.05) is 0 Å². The van der Waals surface area contributed by atoms with E-state index in [0.717, 1.165) is 33.1 Å². The second-order valence-electron chi connectivity index (χ2n) is 6.61. The van der Waals surface area contributed by atoms with E-state index in [-0.39, 0.29) is 36.0 Å². The smallest absolute Gasteiger partial charge is 0.418 e. The maximum atomic E-state index is 13.8. The number of methoxy groups -OCH3 is 2. The fraction of sp³-hybridized carbons (Fsp3) is 0.474. The number of carbonyl (C=O) groups is 2. The Labute approximate surface area is 165 Å². The average Bonchev–Trinajstić information content (AvgIpc) is 3.25. The molecular weight excluding hydrogens is 393 g/mol. The first-order chi connectivity index (χ1) is 13.8. The van der Waals surface area contributed by atoms with Gasteiger partial charge in [-0.3, -0.25) is 0 Å². The molecule has 2 heterocycles. The zero-order valence-corrected chi connectivity index (χ0v) is 16.0. The number of ether oxygens (including phenoxy) is 3. The first-order valence-corrected chi connectivity index (χ1v) is 8.99. The number of benzene rings is 1. The highest BCUT2D eigenvalue weighted by Gasteiger charge is 2.38. The molecule has 1 aromatic rings. The lowest BCUT2D eigenvalue weighted by Gasteiger charge is -2.32. The highest BCUT2D eigenvalue weighted by Crippen LogP contribution is 2.41. The summed E-state index contributed by atoms with van der Waals surface area (Å²) < 4.78 is 56.1. The van der Waals surface area contributed by atoms with Crippen molar-refractivity contribution in [1.29, 1.82) is 0 Å². The van der Waals surface area contributed by atoms with Crippen molar-refractivity contribution in [2.75, 3.05) is 50.4 Å². The van der Waals surface area contributed by atoms with Crippen molar-refractivity contribution in [2.24, 2.45) is 0 Å². The molecule has 0 unspecified atom stereocenters. The number of hydrogen-bond donors (Lipinski definition) is 0. The van der Waals surface area contributed by atoms with Gasteiger partial charge in [-0.05, 0) is 31.0 Å². The lowest BCUT2D eigenvalue weighted by atomic mass is 10.1. The molecule has 0 N–H and O–H groups in total. The van der Waals surface area contributed by atoms with E-state index in [4.69, 9.17) is 9.47 Å². The van der Waals surface area contributed by atoms with Crippen LogP contribution in [0.3, 0.4) is 0 Å². The molecule has 1 saturated heterocycles. The molecule has 0 aliphatic carbocycles. The van der Waals surface area contributed by atoms with Crippen LogP contribution in [0.4, 0.5) is 24.5 Å². The van der Waals surface area contributed by atoms with Crippen molar-refractivity contribution in [3.8, 4) is 0 Å². The Morgan fingerprint density at radius 1 is 1.07 bits per heavy atom. The number of nitrogens with zero attached hydrogens (tertiary/aromatic N) is 2. The summed E-state index contributed by atoms with van der Waals surface area (Å²) in [6, 6.07) is 3.81. The van der Waals surface area contributed by atoms with Crippen molar-refractivity contribution in [1.82, 2.24) is 0 Å². The van der Waals surface area contributed by atoms with Crippen molar-refractivity contribution >= 4 is 23.3 Å². The van der Waals surface area contributed by atoms with Crippen LogP contribution in [-0.4, -0.2) is 52.6 Å². The van der Waals surface area contributed by atoms with Gasteiger partial charge in [-0.2, -0.15) is 13.2 Å². The van der Waals surface area contributed by atoms with Gasteiger partial charge in [0.05, 0.1) is 32.0 Å². The van der Waals surface area contributed by atoms with Gasteiger partial charge in [-0.25, -0.2) is 9.59 Å². The first kappa shape index (κ1) is 21.0. The number of esters is 2. The monoisotopic (exact) mass is 414 g/mol. The van der Waals surface area contributed by atoms with Crippen LogP contribution in [0.25, 0.3) is 0 Å². The highest BCUT2D eigenvalue weighted by atomic mass is 19.4. The Bertz CT molecular complexity index is 832. The molecule has 2 aliphatic heterocycles. The molecule has 158 valence electrons. The summed E-state index contributed by atoms with van der Waals surface area (Å²) in [6.07, 6.45) is -2.93. The summed E-state index contributed by atoms with van der Waals surface area (Å²) in [6.45, 7) is 0.668. The fourth-order valence-corrected chi connectivity index (χ4v) is 3.50. The van der Waals surface area contributed by atoms with E-state index in [1.165, 1.54) is 17.0 Å². The predicted molar refractivity (Wildman–Crippen MR) is 97.2 cm³/mol. The maximum absolute atomic E-state index is 13.8. The van der Waals surface area contributed by atoms with Gasteiger partial charge in [0.25, 0.3) is 0 Å². The number of rotatable bonds is 4. The second-order valence-corrected chi connectivity index (χ2v) is 6.61. The Morgan fingerprint density at radius 2 is 1.72 bits per heavy atom. The number of carbonyl (C=O) groups excluding carboxylic acids is 2. The van der Waals surface area contributed by atoms with Crippen LogP contribution in [0.5, 0.6) is 0 Å². The summed E-state index contributed by atoms with van der Waals surface area (Å²) in [5.41, 5.74) is -0.989. The molecule has 0 spiro atoms. The second kappa shape index (κ2) is 8.32. The number of hydrogen-bond acceptors (Lipinski definition) is 7. The van der Waals surface area contributed by atoms with E-state index >= 15 is 0 Å². The molecule has 1 aromatic carbocycles. The van der Waals surface area contributed by atoms with Gasteiger partial charge in [0.1, 0.15) is 12.4 Å². The summed E-state index contributed by atoms with van der Waals surface area (Å²) in [4.78, 5) is 27.2. The Morgan fingerprint density at radius 3 is 2.31 bits per heavy atom. The van der Waals surface area contributed by atoms with Gasteiger partial charge >= 0.3 is 18.1 Å². The maximum Gasteiger partial charge on any atom is 0.418 e. The number of halogens is 3. The van der Waals surface area contributed by atoms with Crippen LogP contribution in [0.15, 0.2) is 29.5 Å². The zero-order chi connectivity index (χ0) is 21.2. The van der Waals surface area contributed by atoms with Gasteiger partial charge in [0.2, 0.25) is 0 Å². The molecule has 3 rings (SSSR count). The molecule has 7 nitrogen and oxygen atoms in total. The molecule has 0 radical (unpaired) electrons. The topological polar surface area (TPSA) is 68.3 Å². The summed E-state index contributed by atoms with van der Waals surface area (Å²) in [7, 11) is 2.26. The molecule has 1 fully saturated rings. The average molecular weight is 414 g/mol. The normalized spacial score (nSPS) is 17.6. The molecule has 10 heteroatoms. The molecule has 0 amide bonds. The molecule has 29 heavy (non-hydrogen) atoms. The predicted octanol–water partition coefficient (Wildman–Crippen LogP) is 2.70. The van der Waals surface area contributed by atoms with E-state index in [0.29, 0.717) is 13.1 Å². The van der Waals surface area contributed by atoms with Gasteiger partial charge in [0.15, 0.2) is 0 Å². The van der Waals surface area contributed by atoms with Crippen molar-refractivity contribution < 1.29 is 37.0 Å². The SMILES string of the molecule is COC(=O)C1=C(C(=O)OC)N(c2ccc(N3CCCC3)c(C(F)(F)F)c2)COC1. The molecule has 0 aromatic heterocycles. The highest BCUT2D eigenvalue weighted by molar-refractivity contribution is 6.03. The summed E-state index contributed by atoms with van der Waals surface area (Å²) in [5, 5.41) is 0. The number of alkyl halides is 3. The van der Waals surface area contributed by atoms with Crippen molar-refractivity contribution in [3.63, 3.8) is 0 Å². The van der Waals surface area contributed by atoms with E-state index in [2.05, 4.69) is 4.74 Å². The summed E-state index contributed by atoms with van der Waals surface area (Å²) >= 11 is 0. The lowest BCUT2D eigenvalue weighted by molar-refractivity contribution is -0.140. The lowest BCUT2D eigenvalue weighted by Crippen LogP contribution is -2.39. The fourth-order valence-electron chi connectivity index (χ4n) is 3.50. The van der Waals surface area contributed by atoms with Crippen LogP contribution in [-0.2, 0) is 30.0 Å². The minimum absolute atomic E-state index is 0.0572. The quantitative estimate of drug-likeness (QED) is 0.702. The third kappa shape index (κ3) is 4.16. The Kier molecular flexibility index (Phi) is 6.02. The minimum Gasteiger partial charge on any atom is -0.466 e. The van der Waals surface area contributed by atoms with Crippen LogP contribution in [0.2, 0.25) is 0 Å². The largest absolute Gasteiger partial charge is 0.466 e. The molecule has 0 saturated carbocycles. The van der Waals surface area contributed by atoms with Crippen LogP contribution < -0.4 is 9.80 Å². The minimum atomic E-state index is -4.59. The summed E-state index contributed by atoms with van der Waals surface area (Å²) in [5.74, 6) is -1.69. The van der Waals surface area contributed by atoms with E-state index in [1.54, 1.807) is 4.90 Å². The van der Waals surface area contributed by atoms with Crippen LogP contribution >= 0.6 is 0 Å². The Hall–Kier alpha value is -2.75. The van der Waals surface area contributed by atoms with Gasteiger partial charge in [-0.15, -0.1) is 0 Å². The molecule has 0 bridgehead atoms. The zero-order valence-electron chi connectivity index (χ0n) is 16.0. The van der Waals surface area contributed by atoms with Gasteiger partial charge < -0.3 is 24.0 Å². The van der Waals surface area contributed by atoms with Crippen LogP contribution in [0, 0.1) is 0 Å². The Balaban J connectivity index is 2.10. The molecule has 2 aliphatic rings. The third-order valence-corrected chi connectivity index (χ3v) is 4.88. The van der Waals surface area contributed by atoms with Crippen molar-refractivity contribution in [2.45, 2.75) is 19.0 Å². The van der Waals surface area contributed by atoms with Gasteiger partial charge in [0, 0.05) is 24.5 Å². The van der Waals surface area contributed by atoms with Crippen LogP contribution in [0.1, 0.15) is 18.4 Å².